The van der Waals surface area contributed by atoms with Crippen LogP contribution in [0.25, 0.3) is 11.2 Å². The molecule has 5 nitrogen and oxygen atoms in total. The van der Waals surface area contributed by atoms with Gasteiger partial charge in [-0.2, -0.15) is 4.98 Å². The molecular formula is C10H10Cl2N4O. The molecule has 0 unspecified atom stereocenters. The summed E-state index contributed by atoms with van der Waals surface area (Å²) in [7, 11) is 0. The summed E-state index contributed by atoms with van der Waals surface area (Å²) in [5.41, 5.74) is 1.27. The maximum atomic E-state index is 5.96. The van der Waals surface area contributed by atoms with E-state index in [9.17, 15) is 0 Å². The standard InChI is InChI=1S/C10H10Cl2N4O/c11-8-7-9(15-10(12)14-8)16(5-13-7)3-6-1-2-17-4-6/h5-6H,1-4H2/t6-/m1/s1. The van der Waals surface area contributed by atoms with E-state index in [0.29, 0.717) is 22.2 Å². The minimum absolute atomic E-state index is 0.145. The van der Waals surface area contributed by atoms with E-state index in [0.717, 1.165) is 26.2 Å². The lowest BCUT2D eigenvalue weighted by Gasteiger charge is -2.08. The fourth-order valence-electron chi connectivity index (χ4n) is 2.02. The molecule has 1 atom stereocenters. The fraction of sp³-hybridized carbons (Fsp3) is 0.500. The Bertz CT molecular complexity index is 550. The highest BCUT2D eigenvalue weighted by molar-refractivity contribution is 6.35. The fourth-order valence-corrected chi connectivity index (χ4v) is 2.45. The molecule has 0 amide bonds. The number of aromatic nitrogens is 4. The van der Waals surface area contributed by atoms with Gasteiger partial charge in [-0.05, 0) is 18.0 Å². The molecule has 0 spiro atoms. The van der Waals surface area contributed by atoms with Crippen LogP contribution in [0.1, 0.15) is 6.42 Å². The van der Waals surface area contributed by atoms with E-state index in [1.54, 1.807) is 6.33 Å². The number of hydrogen-bond donors (Lipinski definition) is 0. The zero-order chi connectivity index (χ0) is 11.8. The van der Waals surface area contributed by atoms with Crippen LogP contribution in [0.15, 0.2) is 6.33 Å². The van der Waals surface area contributed by atoms with Gasteiger partial charge in [-0.3, -0.25) is 0 Å². The second-order valence-corrected chi connectivity index (χ2v) is 4.78. The number of hydrogen-bond acceptors (Lipinski definition) is 4. The zero-order valence-electron chi connectivity index (χ0n) is 8.94. The third kappa shape index (κ3) is 2.10. The van der Waals surface area contributed by atoms with Crippen molar-refractivity contribution in [3.05, 3.63) is 16.8 Å². The minimum Gasteiger partial charge on any atom is -0.381 e. The van der Waals surface area contributed by atoms with Crippen molar-refractivity contribution in [1.82, 2.24) is 19.5 Å². The van der Waals surface area contributed by atoms with Gasteiger partial charge < -0.3 is 9.30 Å². The Balaban J connectivity index is 1.99. The van der Waals surface area contributed by atoms with E-state index < -0.39 is 0 Å². The molecular weight excluding hydrogens is 263 g/mol. The Kier molecular flexibility index (Phi) is 2.90. The maximum absolute atomic E-state index is 5.96. The van der Waals surface area contributed by atoms with E-state index >= 15 is 0 Å². The third-order valence-electron chi connectivity index (χ3n) is 2.87. The predicted molar refractivity (Wildman–Crippen MR) is 64.3 cm³/mol. The first kappa shape index (κ1) is 11.2. The van der Waals surface area contributed by atoms with Crippen LogP contribution in [0.4, 0.5) is 0 Å². The Morgan fingerprint density at radius 1 is 1.41 bits per heavy atom. The van der Waals surface area contributed by atoms with Crippen LogP contribution in [0.3, 0.4) is 0 Å². The average Bonchev–Trinajstić information content (AvgIpc) is 2.89. The minimum atomic E-state index is 0.145. The lowest BCUT2D eigenvalue weighted by molar-refractivity contribution is 0.182. The van der Waals surface area contributed by atoms with Gasteiger partial charge in [0.2, 0.25) is 5.28 Å². The van der Waals surface area contributed by atoms with Crippen LogP contribution < -0.4 is 0 Å². The van der Waals surface area contributed by atoms with Crippen molar-refractivity contribution in [3.63, 3.8) is 0 Å². The molecule has 0 aliphatic carbocycles. The van der Waals surface area contributed by atoms with Gasteiger partial charge in [-0.15, -0.1) is 0 Å². The van der Waals surface area contributed by atoms with Crippen LogP contribution in [-0.4, -0.2) is 32.7 Å². The van der Waals surface area contributed by atoms with Crippen molar-refractivity contribution in [2.75, 3.05) is 13.2 Å². The van der Waals surface area contributed by atoms with E-state index in [-0.39, 0.29) is 5.28 Å². The highest BCUT2D eigenvalue weighted by atomic mass is 35.5. The molecule has 1 fully saturated rings. The number of imidazole rings is 1. The van der Waals surface area contributed by atoms with Crippen molar-refractivity contribution in [2.24, 2.45) is 5.92 Å². The van der Waals surface area contributed by atoms with Crippen molar-refractivity contribution < 1.29 is 4.74 Å². The topological polar surface area (TPSA) is 52.8 Å². The first-order valence-corrected chi connectivity index (χ1v) is 6.11. The highest BCUT2D eigenvalue weighted by Crippen LogP contribution is 2.22. The van der Waals surface area contributed by atoms with Gasteiger partial charge in [0, 0.05) is 19.1 Å². The van der Waals surface area contributed by atoms with Gasteiger partial charge in [0.15, 0.2) is 10.8 Å². The summed E-state index contributed by atoms with van der Waals surface area (Å²) in [4.78, 5) is 12.2. The van der Waals surface area contributed by atoms with E-state index in [2.05, 4.69) is 15.0 Å². The molecule has 0 saturated carbocycles. The summed E-state index contributed by atoms with van der Waals surface area (Å²) < 4.78 is 7.30. The molecule has 3 rings (SSSR count). The van der Waals surface area contributed by atoms with E-state index in [1.807, 2.05) is 4.57 Å². The van der Waals surface area contributed by atoms with Crippen LogP contribution in [0.2, 0.25) is 10.4 Å². The Morgan fingerprint density at radius 2 is 2.29 bits per heavy atom. The number of nitrogens with zero attached hydrogens (tertiary/aromatic N) is 4. The highest BCUT2D eigenvalue weighted by Gasteiger charge is 2.18. The Morgan fingerprint density at radius 3 is 3.06 bits per heavy atom. The van der Waals surface area contributed by atoms with Crippen molar-refractivity contribution >= 4 is 34.4 Å². The molecule has 0 aromatic carbocycles. The smallest absolute Gasteiger partial charge is 0.225 e. The molecule has 90 valence electrons. The summed E-state index contributed by atoms with van der Waals surface area (Å²) in [6, 6.07) is 0. The number of ether oxygens (including phenoxy) is 1. The molecule has 1 saturated heterocycles. The second kappa shape index (κ2) is 4.40. The van der Waals surface area contributed by atoms with Crippen LogP contribution in [-0.2, 0) is 11.3 Å². The average molecular weight is 273 g/mol. The lowest BCUT2D eigenvalue weighted by Crippen LogP contribution is -2.10. The van der Waals surface area contributed by atoms with E-state index in [1.165, 1.54) is 0 Å². The van der Waals surface area contributed by atoms with Gasteiger partial charge in [0.05, 0.1) is 12.9 Å². The van der Waals surface area contributed by atoms with Gasteiger partial charge >= 0.3 is 0 Å². The molecule has 3 heterocycles. The van der Waals surface area contributed by atoms with Gasteiger partial charge in [0.25, 0.3) is 0 Å². The lowest BCUT2D eigenvalue weighted by atomic mass is 10.1. The first-order valence-electron chi connectivity index (χ1n) is 5.35. The molecule has 0 radical (unpaired) electrons. The van der Waals surface area contributed by atoms with Crippen molar-refractivity contribution in [2.45, 2.75) is 13.0 Å². The second-order valence-electron chi connectivity index (χ2n) is 4.08. The van der Waals surface area contributed by atoms with Gasteiger partial charge in [0.1, 0.15) is 5.52 Å². The maximum Gasteiger partial charge on any atom is 0.225 e. The molecule has 2 aromatic heterocycles. The summed E-state index contributed by atoms with van der Waals surface area (Å²) in [5, 5.41) is 0.438. The van der Waals surface area contributed by atoms with Crippen molar-refractivity contribution in [3.8, 4) is 0 Å². The van der Waals surface area contributed by atoms with Gasteiger partial charge in [-0.1, -0.05) is 11.6 Å². The zero-order valence-corrected chi connectivity index (χ0v) is 10.4. The molecule has 1 aliphatic rings. The molecule has 2 aromatic rings. The molecule has 17 heavy (non-hydrogen) atoms. The SMILES string of the molecule is Clc1nc(Cl)c2ncn(C[C@H]3CCOC3)c2n1. The Hall–Kier alpha value is -0.910. The molecule has 1 aliphatic heterocycles. The summed E-state index contributed by atoms with van der Waals surface area (Å²) in [5.74, 6) is 0.500. The normalized spacial score (nSPS) is 20.2. The van der Waals surface area contributed by atoms with E-state index in [4.69, 9.17) is 27.9 Å². The Labute approximate surface area is 108 Å². The number of halogens is 2. The summed E-state index contributed by atoms with van der Waals surface area (Å²) in [6.07, 6.45) is 2.78. The molecule has 0 N–H and O–H groups in total. The van der Waals surface area contributed by atoms with Crippen LogP contribution in [0.5, 0.6) is 0 Å². The first-order chi connectivity index (χ1) is 8.24. The summed E-state index contributed by atoms with van der Waals surface area (Å²) >= 11 is 11.8. The predicted octanol–water partition coefficient (Wildman–Crippen LogP) is 2.17. The number of rotatable bonds is 2. The summed E-state index contributed by atoms with van der Waals surface area (Å²) in [6.45, 7) is 2.43. The van der Waals surface area contributed by atoms with Gasteiger partial charge in [-0.25, -0.2) is 9.97 Å². The quantitative estimate of drug-likeness (QED) is 0.621. The number of fused-ring (bicyclic) bond motifs is 1. The molecule has 7 heteroatoms. The van der Waals surface area contributed by atoms with Crippen molar-refractivity contribution in [1.29, 1.82) is 0 Å². The van der Waals surface area contributed by atoms with Crippen LogP contribution >= 0.6 is 23.2 Å². The third-order valence-corrected chi connectivity index (χ3v) is 3.31. The monoisotopic (exact) mass is 272 g/mol. The van der Waals surface area contributed by atoms with Crippen LogP contribution in [0, 0.1) is 5.92 Å². The molecule has 0 bridgehead atoms. The largest absolute Gasteiger partial charge is 0.381 e.